The minimum absolute atomic E-state index is 0.0269. The molecule has 0 aliphatic heterocycles. The Morgan fingerprint density at radius 1 is 1.36 bits per heavy atom. The van der Waals surface area contributed by atoms with Crippen LogP contribution in [0.2, 0.25) is 0 Å². The first-order valence-corrected chi connectivity index (χ1v) is 4.35. The van der Waals surface area contributed by atoms with Crippen molar-refractivity contribution < 1.29 is 14.6 Å². The number of ether oxygens (including phenoxy) is 1. The summed E-state index contributed by atoms with van der Waals surface area (Å²) in [5.41, 5.74) is 0.962. The Kier molecular flexibility index (Phi) is 4.44. The third-order valence-corrected chi connectivity index (χ3v) is 1.58. The Balaban J connectivity index is 2.38. The first-order valence-electron chi connectivity index (χ1n) is 4.35. The number of benzene rings is 1. The van der Waals surface area contributed by atoms with Gasteiger partial charge in [0, 0.05) is 0 Å². The van der Waals surface area contributed by atoms with Gasteiger partial charge in [-0.15, -0.1) is 0 Å². The van der Waals surface area contributed by atoms with E-state index in [9.17, 15) is 4.79 Å². The second-order valence-electron chi connectivity index (χ2n) is 2.68. The third-order valence-electron chi connectivity index (χ3n) is 1.58. The number of esters is 1. The van der Waals surface area contributed by atoms with Crippen LogP contribution < -0.4 is 0 Å². The zero-order valence-corrected chi connectivity index (χ0v) is 7.72. The summed E-state index contributed by atoms with van der Waals surface area (Å²) in [6, 6.07) is 9.51. The van der Waals surface area contributed by atoms with E-state index in [1.165, 1.54) is 6.26 Å². The van der Waals surface area contributed by atoms with Crippen LogP contribution in [-0.2, 0) is 9.53 Å². The van der Waals surface area contributed by atoms with Crippen LogP contribution >= 0.6 is 0 Å². The molecule has 1 N–H and O–H groups in total. The van der Waals surface area contributed by atoms with Gasteiger partial charge in [0.2, 0.25) is 0 Å². The molecule has 0 aliphatic rings. The van der Waals surface area contributed by atoms with E-state index in [1.54, 1.807) is 6.08 Å². The van der Waals surface area contributed by atoms with Crippen molar-refractivity contribution in [2.75, 3.05) is 6.61 Å². The van der Waals surface area contributed by atoms with Gasteiger partial charge in [0.15, 0.2) is 0 Å². The monoisotopic (exact) mass is 192 g/mol. The smallest absolute Gasteiger partial charge is 0.312 e. The van der Waals surface area contributed by atoms with Crippen LogP contribution in [0.25, 0.3) is 6.08 Å². The van der Waals surface area contributed by atoms with Gasteiger partial charge in [0.05, 0.1) is 19.3 Å². The molecule has 1 rings (SSSR count). The lowest BCUT2D eigenvalue weighted by Crippen LogP contribution is -2.01. The fraction of sp³-hybridized carbons (Fsp3) is 0.182. The summed E-state index contributed by atoms with van der Waals surface area (Å²) in [6.07, 6.45) is 3.04. The Morgan fingerprint density at radius 3 is 2.71 bits per heavy atom. The molecule has 14 heavy (non-hydrogen) atoms. The van der Waals surface area contributed by atoms with E-state index >= 15 is 0 Å². The van der Waals surface area contributed by atoms with Gasteiger partial charge in [0.25, 0.3) is 0 Å². The molecule has 1 aromatic rings. The van der Waals surface area contributed by atoms with Gasteiger partial charge in [0.1, 0.15) is 0 Å². The first kappa shape index (κ1) is 10.5. The molecule has 1 aromatic carbocycles. The lowest BCUT2D eigenvalue weighted by Gasteiger charge is -1.95. The van der Waals surface area contributed by atoms with Crippen molar-refractivity contribution in [2.45, 2.75) is 6.42 Å². The summed E-state index contributed by atoms with van der Waals surface area (Å²) in [5.74, 6) is -0.431. The molecule has 0 radical (unpaired) electrons. The molecule has 74 valence electrons. The quantitative estimate of drug-likeness (QED) is 0.582. The standard InChI is InChI=1S/C11H12O3/c12-8-6-11(13)14-9-7-10-4-2-1-3-5-10/h1-5,7,9,12H,6,8H2. The SMILES string of the molecule is O=C(CCO)OC=Cc1ccccc1. The van der Waals surface area contributed by atoms with Crippen LogP contribution in [0.3, 0.4) is 0 Å². The maximum Gasteiger partial charge on any atom is 0.312 e. The zero-order valence-electron chi connectivity index (χ0n) is 7.72. The fourth-order valence-electron chi connectivity index (χ4n) is 0.903. The highest BCUT2D eigenvalue weighted by molar-refractivity contribution is 5.70. The molecular weight excluding hydrogens is 180 g/mol. The van der Waals surface area contributed by atoms with Crippen LogP contribution in [0, 0.1) is 0 Å². The lowest BCUT2D eigenvalue weighted by molar-refractivity contribution is -0.138. The van der Waals surface area contributed by atoms with Crippen molar-refractivity contribution in [3.05, 3.63) is 42.2 Å². The van der Waals surface area contributed by atoms with Crippen LogP contribution in [0.1, 0.15) is 12.0 Å². The van der Waals surface area contributed by atoms with E-state index in [0.29, 0.717) is 0 Å². The maximum absolute atomic E-state index is 10.8. The molecule has 3 nitrogen and oxygen atoms in total. The molecule has 0 aliphatic carbocycles. The maximum atomic E-state index is 10.8. The highest BCUT2D eigenvalue weighted by atomic mass is 16.5. The van der Waals surface area contributed by atoms with Crippen LogP contribution in [0.5, 0.6) is 0 Å². The molecule has 0 fully saturated rings. The predicted octanol–water partition coefficient (Wildman–Crippen LogP) is 1.58. The lowest BCUT2D eigenvalue weighted by atomic mass is 10.2. The number of aliphatic hydroxyl groups excluding tert-OH is 1. The molecule has 0 heterocycles. The van der Waals surface area contributed by atoms with Gasteiger partial charge in [-0.3, -0.25) is 4.79 Å². The Bertz CT molecular complexity index is 304. The van der Waals surface area contributed by atoms with Crippen molar-refractivity contribution in [3.8, 4) is 0 Å². The number of hydrogen-bond donors (Lipinski definition) is 1. The van der Waals surface area contributed by atoms with Crippen molar-refractivity contribution in [1.29, 1.82) is 0 Å². The normalized spacial score (nSPS) is 10.4. The van der Waals surface area contributed by atoms with Crippen LogP contribution in [-0.4, -0.2) is 17.7 Å². The van der Waals surface area contributed by atoms with Gasteiger partial charge in [-0.05, 0) is 11.6 Å². The molecule has 0 saturated carbocycles. The largest absolute Gasteiger partial charge is 0.434 e. The molecular formula is C11H12O3. The summed E-state index contributed by atoms with van der Waals surface area (Å²) < 4.78 is 4.71. The number of aliphatic hydroxyl groups is 1. The van der Waals surface area contributed by atoms with E-state index in [-0.39, 0.29) is 13.0 Å². The average molecular weight is 192 g/mol. The minimum atomic E-state index is -0.431. The molecule has 0 saturated heterocycles. The van der Waals surface area contributed by atoms with Crippen molar-refractivity contribution in [3.63, 3.8) is 0 Å². The summed E-state index contributed by atoms with van der Waals surface area (Å²) in [7, 11) is 0. The Morgan fingerprint density at radius 2 is 2.07 bits per heavy atom. The van der Waals surface area contributed by atoms with Gasteiger partial charge < -0.3 is 9.84 Å². The van der Waals surface area contributed by atoms with Crippen LogP contribution in [0.4, 0.5) is 0 Å². The molecule has 0 bridgehead atoms. The van der Waals surface area contributed by atoms with E-state index in [4.69, 9.17) is 9.84 Å². The van der Waals surface area contributed by atoms with Gasteiger partial charge in [-0.1, -0.05) is 30.3 Å². The average Bonchev–Trinajstić information content (AvgIpc) is 2.20. The van der Waals surface area contributed by atoms with Crippen molar-refractivity contribution >= 4 is 12.0 Å². The van der Waals surface area contributed by atoms with E-state index < -0.39 is 5.97 Å². The Hall–Kier alpha value is -1.61. The van der Waals surface area contributed by atoms with Crippen molar-refractivity contribution in [2.24, 2.45) is 0 Å². The summed E-state index contributed by atoms with van der Waals surface area (Å²) >= 11 is 0. The topological polar surface area (TPSA) is 46.5 Å². The highest BCUT2D eigenvalue weighted by Crippen LogP contribution is 2.01. The second kappa shape index (κ2) is 5.94. The highest BCUT2D eigenvalue weighted by Gasteiger charge is 1.96. The van der Waals surface area contributed by atoms with Gasteiger partial charge in [-0.25, -0.2) is 0 Å². The Labute approximate surface area is 82.6 Å². The van der Waals surface area contributed by atoms with E-state index in [1.807, 2.05) is 30.3 Å². The van der Waals surface area contributed by atoms with E-state index in [0.717, 1.165) is 5.56 Å². The molecule has 0 atom stereocenters. The summed E-state index contributed by atoms with van der Waals surface area (Å²) in [6.45, 7) is -0.183. The number of hydrogen-bond acceptors (Lipinski definition) is 3. The summed E-state index contributed by atoms with van der Waals surface area (Å²) in [4.78, 5) is 10.8. The molecule has 0 unspecified atom stereocenters. The second-order valence-corrected chi connectivity index (χ2v) is 2.68. The van der Waals surface area contributed by atoms with Gasteiger partial charge >= 0.3 is 5.97 Å². The first-order chi connectivity index (χ1) is 6.83. The van der Waals surface area contributed by atoms with Crippen LogP contribution in [0.15, 0.2) is 36.6 Å². The molecule has 0 aromatic heterocycles. The summed E-state index contributed by atoms with van der Waals surface area (Å²) in [5, 5.41) is 8.43. The zero-order chi connectivity index (χ0) is 10.2. The molecule has 0 amide bonds. The third kappa shape index (κ3) is 3.87. The molecule has 0 spiro atoms. The predicted molar refractivity (Wildman–Crippen MR) is 53.3 cm³/mol. The fourth-order valence-corrected chi connectivity index (χ4v) is 0.903. The number of carbonyl (C=O) groups excluding carboxylic acids is 1. The minimum Gasteiger partial charge on any atom is -0.434 e. The van der Waals surface area contributed by atoms with Crippen molar-refractivity contribution in [1.82, 2.24) is 0 Å². The number of carbonyl (C=O) groups is 1. The number of rotatable bonds is 4. The molecule has 3 heteroatoms. The van der Waals surface area contributed by atoms with E-state index in [2.05, 4.69) is 0 Å². The van der Waals surface area contributed by atoms with Gasteiger partial charge in [-0.2, -0.15) is 0 Å².